The minimum absolute atomic E-state index is 0.106. The number of nitrogen functional groups attached to an aromatic ring is 1. The Bertz CT molecular complexity index is 578. The molecule has 0 aliphatic heterocycles. The van der Waals surface area contributed by atoms with Gasteiger partial charge in [0.15, 0.2) is 0 Å². The molecule has 0 radical (unpaired) electrons. The highest BCUT2D eigenvalue weighted by Gasteiger charge is 2.15. The molecule has 0 bridgehead atoms. The average Bonchev–Trinajstić information content (AvgIpc) is 2.71. The first-order valence-electron chi connectivity index (χ1n) is 5.98. The summed E-state index contributed by atoms with van der Waals surface area (Å²) in [5.74, 6) is 0. The van der Waals surface area contributed by atoms with Crippen molar-refractivity contribution < 1.29 is 8.78 Å². The Labute approximate surface area is 110 Å². The predicted molar refractivity (Wildman–Crippen MR) is 71.7 cm³/mol. The van der Waals surface area contributed by atoms with Crippen molar-refractivity contribution in [1.82, 2.24) is 9.78 Å². The summed E-state index contributed by atoms with van der Waals surface area (Å²) in [4.78, 5) is 0. The number of aryl methyl sites for hydroxylation is 2. The number of alkyl halides is 2. The van der Waals surface area contributed by atoms with Crippen LogP contribution >= 0.6 is 0 Å². The summed E-state index contributed by atoms with van der Waals surface area (Å²) in [7, 11) is 1.79. The van der Waals surface area contributed by atoms with Crippen LogP contribution in [-0.4, -0.2) is 9.78 Å². The van der Waals surface area contributed by atoms with Crippen LogP contribution in [-0.2, 0) is 13.5 Å². The van der Waals surface area contributed by atoms with Gasteiger partial charge >= 0.3 is 0 Å². The molecule has 19 heavy (non-hydrogen) atoms. The number of benzene rings is 1. The number of nitrogens with two attached hydrogens (primary N) is 1. The van der Waals surface area contributed by atoms with E-state index >= 15 is 0 Å². The lowest BCUT2D eigenvalue weighted by molar-refractivity contribution is 0.152. The van der Waals surface area contributed by atoms with Gasteiger partial charge in [0.05, 0.1) is 11.4 Å². The van der Waals surface area contributed by atoms with Crippen LogP contribution in [0, 0.1) is 0 Å². The summed E-state index contributed by atoms with van der Waals surface area (Å²) in [6.45, 7) is 1.96. The number of hydrogen-bond acceptors (Lipinski definition) is 3. The van der Waals surface area contributed by atoms with Crippen LogP contribution in [0.3, 0.4) is 0 Å². The van der Waals surface area contributed by atoms with Gasteiger partial charge in [-0.3, -0.25) is 4.68 Å². The Morgan fingerprint density at radius 2 is 2.11 bits per heavy atom. The minimum atomic E-state index is -2.58. The first-order chi connectivity index (χ1) is 9.01. The molecule has 0 saturated carbocycles. The second kappa shape index (κ2) is 5.26. The van der Waals surface area contributed by atoms with E-state index in [-0.39, 0.29) is 5.56 Å². The van der Waals surface area contributed by atoms with E-state index in [1.54, 1.807) is 30.1 Å². The SMILES string of the molecule is CCc1nn(C)cc1Nc1ccc(N)cc1C(F)F. The fourth-order valence-corrected chi connectivity index (χ4v) is 1.92. The van der Waals surface area contributed by atoms with Gasteiger partial charge in [-0.1, -0.05) is 6.92 Å². The third-order valence-electron chi connectivity index (χ3n) is 2.82. The van der Waals surface area contributed by atoms with Gasteiger partial charge in [-0.25, -0.2) is 8.78 Å². The number of aromatic nitrogens is 2. The van der Waals surface area contributed by atoms with E-state index in [1.807, 2.05) is 6.92 Å². The summed E-state index contributed by atoms with van der Waals surface area (Å²) in [5, 5.41) is 7.26. The lowest BCUT2D eigenvalue weighted by Crippen LogP contribution is -1.99. The maximum atomic E-state index is 13.0. The maximum Gasteiger partial charge on any atom is 0.265 e. The number of rotatable bonds is 4. The zero-order valence-corrected chi connectivity index (χ0v) is 10.8. The molecule has 0 amide bonds. The van der Waals surface area contributed by atoms with Crippen LogP contribution < -0.4 is 11.1 Å². The largest absolute Gasteiger partial charge is 0.399 e. The molecule has 0 aliphatic carbocycles. The summed E-state index contributed by atoms with van der Waals surface area (Å²) in [5.41, 5.74) is 7.68. The molecule has 3 N–H and O–H groups in total. The molecule has 102 valence electrons. The summed E-state index contributed by atoms with van der Waals surface area (Å²) >= 11 is 0. The quantitative estimate of drug-likeness (QED) is 0.835. The Hall–Kier alpha value is -2.11. The van der Waals surface area contributed by atoms with E-state index in [9.17, 15) is 8.78 Å². The Balaban J connectivity index is 2.37. The fourth-order valence-electron chi connectivity index (χ4n) is 1.92. The van der Waals surface area contributed by atoms with Crippen LogP contribution in [0.2, 0.25) is 0 Å². The normalized spacial score (nSPS) is 11.0. The standard InChI is InChI=1S/C13H16F2N4/c1-3-10-12(7-19(2)18-10)17-11-5-4-8(16)6-9(11)13(14)15/h4-7,13,17H,3,16H2,1-2H3. The second-order valence-electron chi connectivity index (χ2n) is 4.29. The topological polar surface area (TPSA) is 55.9 Å². The fraction of sp³-hybridized carbons (Fsp3) is 0.308. The highest BCUT2D eigenvalue weighted by Crippen LogP contribution is 2.31. The molecule has 2 rings (SSSR count). The maximum absolute atomic E-state index is 13.0. The van der Waals surface area contributed by atoms with Crippen molar-refractivity contribution in [3.8, 4) is 0 Å². The summed E-state index contributed by atoms with van der Waals surface area (Å²) < 4.78 is 27.6. The minimum Gasteiger partial charge on any atom is -0.399 e. The Morgan fingerprint density at radius 1 is 1.37 bits per heavy atom. The first kappa shape index (κ1) is 13.3. The van der Waals surface area contributed by atoms with Crippen LogP contribution in [0.15, 0.2) is 24.4 Å². The van der Waals surface area contributed by atoms with Crippen molar-refractivity contribution >= 4 is 17.1 Å². The van der Waals surface area contributed by atoms with Crippen molar-refractivity contribution in [2.45, 2.75) is 19.8 Å². The molecule has 1 aromatic heterocycles. The van der Waals surface area contributed by atoms with Gasteiger partial charge in [0.1, 0.15) is 0 Å². The van der Waals surface area contributed by atoms with Gasteiger partial charge in [-0.2, -0.15) is 5.10 Å². The zero-order chi connectivity index (χ0) is 14.0. The number of anilines is 3. The molecule has 6 heteroatoms. The molecule has 1 heterocycles. The van der Waals surface area contributed by atoms with Crippen molar-refractivity contribution in [3.05, 3.63) is 35.7 Å². The van der Waals surface area contributed by atoms with Gasteiger partial charge in [-0.05, 0) is 24.6 Å². The molecular formula is C13H16F2N4. The Kier molecular flexibility index (Phi) is 3.69. The highest BCUT2D eigenvalue weighted by atomic mass is 19.3. The molecule has 4 nitrogen and oxygen atoms in total. The number of nitrogens with one attached hydrogen (secondary N) is 1. The lowest BCUT2D eigenvalue weighted by Gasteiger charge is -2.12. The van der Waals surface area contributed by atoms with Crippen LogP contribution in [0.4, 0.5) is 25.8 Å². The van der Waals surface area contributed by atoms with Gasteiger partial charge in [0, 0.05) is 30.2 Å². The molecule has 0 spiro atoms. The van der Waals surface area contributed by atoms with E-state index in [2.05, 4.69) is 10.4 Å². The first-order valence-corrected chi connectivity index (χ1v) is 5.98. The van der Waals surface area contributed by atoms with Crippen molar-refractivity contribution in [2.75, 3.05) is 11.1 Å². The van der Waals surface area contributed by atoms with Crippen molar-refractivity contribution in [1.29, 1.82) is 0 Å². The molecule has 0 saturated heterocycles. The van der Waals surface area contributed by atoms with Gasteiger partial charge in [0.2, 0.25) is 0 Å². The van der Waals surface area contributed by atoms with E-state index in [1.165, 1.54) is 6.07 Å². The molecule has 0 aliphatic rings. The van der Waals surface area contributed by atoms with Gasteiger partial charge in [-0.15, -0.1) is 0 Å². The smallest absolute Gasteiger partial charge is 0.265 e. The number of nitrogens with zero attached hydrogens (tertiary/aromatic N) is 2. The molecule has 2 aromatic rings. The van der Waals surface area contributed by atoms with E-state index in [0.29, 0.717) is 11.4 Å². The number of halogens is 2. The van der Waals surface area contributed by atoms with Crippen LogP contribution in [0.5, 0.6) is 0 Å². The predicted octanol–water partition coefficient (Wildman–Crippen LogP) is 3.25. The van der Waals surface area contributed by atoms with Crippen LogP contribution in [0.25, 0.3) is 0 Å². The van der Waals surface area contributed by atoms with Gasteiger partial charge < -0.3 is 11.1 Å². The molecular weight excluding hydrogens is 250 g/mol. The molecule has 0 atom stereocenters. The summed E-state index contributed by atoms with van der Waals surface area (Å²) in [6, 6.07) is 4.44. The zero-order valence-electron chi connectivity index (χ0n) is 10.8. The molecule has 0 fully saturated rings. The second-order valence-corrected chi connectivity index (χ2v) is 4.29. The van der Waals surface area contributed by atoms with Gasteiger partial charge in [0.25, 0.3) is 6.43 Å². The monoisotopic (exact) mass is 266 g/mol. The average molecular weight is 266 g/mol. The van der Waals surface area contributed by atoms with E-state index in [4.69, 9.17) is 5.73 Å². The van der Waals surface area contributed by atoms with Crippen molar-refractivity contribution in [3.63, 3.8) is 0 Å². The van der Waals surface area contributed by atoms with E-state index in [0.717, 1.165) is 17.8 Å². The van der Waals surface area contributed by atoms with Crippen molar-refractivity contribution in [2.24, 2.45) is 7.05 Å². The highest BCUT2D eigenvalue weighted by molar-refractivity contribution is 5.67. The third kappa shape index (κ3) is 2.83. The molecule has 0 unspecified atom stereocenters. The van der Waals surface area contributed by atoms with Crippen LogP contribution in [0.1, 0.15) is 24.6 Å². The Morgan fingerprint density at radius 3 is 2.74 bits per heavy atom. The molecule has 1 aromatic carbocycles. The van der Waals surface area contributed by atoms with E-state index < -0.39 is 6.43 Å². The lowest BCUT2D eigenvalue weighted by atomic mass is 10.1. The summed E-state index contributed by atoms with van der Waals surface area (Å²) in [6.07, 6.45) is -0.0835. The third-order valence-corrected chi connectivity index (χ3v) is 2.82. The number of hydrogen-bond donors (Lipinski definition) is 2.